The Labute approximate surface area is 150 Å². The Balaban J connectivity index is 1.71. The van der Waals surface area contributed by atoms with E-state index in [1.54, 1.807) is 6.92 Å². The lowest BCUT2D eigenvalue weighted by Gasteiger charge is -2.07. The van der Waals surface area contributed by atoms with E-state index < -0.39 is 6.10 Å². The molecule has 2 heterocycles. The second-order valence-electron chi connectivity index (χ2n) is 5.90. The molecule has 5 nitrogen and oxygen atoms in total. The number of nitrogens with zero attached hydrogens (tertiary/aromatic N) is 2. The first-order chi connectivity index (χ1) is 12.0. The van der Waals surface area contributed by atoms with Crippen LogP contribution in [0.3, 0.4) is 0 Å². The lowest BCUT2D eigenvalue weighted by molar-refractivity contribution is 0.0285. The average molecular weight is 356 g/mol. The van der Waals surface area contributed by atoms with Crippen molar-refractivity contribution in [3.8, 4) is 11.5 Å². The van der Waals surface area contributed by atoms with Crippen LogP contribution in [-0.2, 0) is 11.2 Å². The maximum atomic E-state index is 12.3. The van der Waals surface area contributed by atoms with Crippen LogP contribution in [0.2, 0.25) is 0 Å². The molecule has 0 aliphatic carbocycles. The second kappa shape index (κ2) is 7.19. The number of aryl methyl sites for hydroxylation is 3. The van der Waals surface area contributed by atoms with Crippen LogP contribution in [-0.4, -0.2) is 16.2 Å². The third kappa shape index (κ3) is 3.79. The fourth-order valence-electron chi connectivity index (χ4n) is 2.45. The van der Waals surface area contributed by atoms with E-state index >= 15 is 0 Å². The van der Waals surface area contributed by atoms with E-state index in [1.807, 2.05) is 44.2 Å². The topological polar surface area (TPSA) is 65.2 Å². The molecule has 0 aliphatic heterocycles. The minimum Gasteiger partial charge on any atom is -0.448 e. The summed E-state index contributed by atoms with van der Waals surface area (Å²) in [7, 11) is 0. The second-order valence-corrected chi connectivity index (χ2v) is 7.16. The van der Waals surface area contributed by atoms with Crippen LogP contribution in [0.15, 0.2) is 34.7 Å². The molecule has 0 amide bonds. The number of aromatic nitrogens is 2. The van der Waals surface area contributed by atoms with Gasteiger partial charge < -0.3 is 9.15 Å². The van der Waals surface area contributed by atoms with Crippen molar-refractivity contribution < 1.29 is 13.9 Å². The molecular weight excluding hydrogens is 336 g/mol. The van der Waals surface area contributed by atoms with E-state index in [4.69, 9.17) is 9.15 Å². The largest absolute Gasteiger partial charge is 0.448 e. The number of hydrogen-bond acceptors (Lipinski definition) is 6. The molecule has 0 saturated heterocycles. The summed E-state index contributed by atoms with van der Waals surface area (Å²) < 4.78 is 11.1. The van der Waals surface area contributed by atoms with Gasteiger partial charge in [0.05, 0.1) is 0 Å². The summed E-state index contributed by atoms with van der Waals surface area (Å²) in [6.45, 7) is 7.82. The van der Waals surface area contributed by atoms with Crippen molar-refractivity contribution in [2.75, 3.05) is 0 Å². The first-order valence-corrected chi connectivity index (χ1v) is 9.00. The minimum absolute atomic E-state index is 0.285. The number of esters is 1. The van der Waals surface area contributed by atoms with Gasteiger partial charge in [-0.25, -0.2) is 4.79 Å². The highest BCUT2D eigenvalue weighted by atomic mass is 32.1. The van der Waals surface area contributed by atoms with E-state index in [9.17, 15) is 4.79 Å². The summed E-state index contributed by atoms with van der Waals surface area (Å²) in [5.74, 6) is 0.335. The van der Waals surface area contributed by atoms with Gasteiger partial charge in [-0.15, -0.1) is 21.5 Å². The molecule has 0 bridgehead atoms. The molecule has 1 unspecified atom stereocenters. The Morgan fingerprint density at radius 2 is 1.96 bits per heavy atom. The molecule has 2 aromatic heterocycles. The highest BCUT2D eigenvalue weighted by molar-refractivity contribution is 7.14. The van der Waals surface area contributed by atoms with Crippen molar-refractivity contribution in [1.29, 1.82) is 0 Å². The van der Waals surface area contributed by atoms with Gasteiger partial charge in [0.15, 0.2) is 6.10 Å². The highest BCUT2D eigenvalue weighted by Crippen LogP contribution is 2.26. The molecule has 1 atom stereocenters. The fourth-order valence-corrected chi connectivity index (χ4v) is 3.45. The van der Waals surface area contributed by atoms with E-state index in [2.05, 4.69) is 17.1 Å². The Hall–Kier alpha value is -2.47. The molecular formula is C19H20N2O3S. The van der Waals surface area contributed by atoms with Gasteiger partial charge in [-0.2, -0.15) is 0 Å². The van der Waals surface area contributed by atoms with Gasteiger partial charge in [0.1, 0.15) is 4.88 Å². The fraction of sp³-hybridized carbons (Fsp3) is 0.316. The molecule has 3 rings (SSSR count). The first-order valence-electron chi connectivity index (χ1n) is 8.18. The Morgan fingerprint density at radius 1 is 1.24 bits per heavy atom. The standard InChI is InChI=1S/C19H20N2O3S/c1-5-14-10-16(25-13(14)4)19(22)23-12(3)17-20-21-18(24-17)15-8-6-11(2)7-9-15/h6-10,12H,5H2,1-4H3. The predicted molar refractivity (Wildman–Crippen MR) is 96.7 cm³/mol. The third-order valence-electron chi connectivity index (χ3n) is 3.97. The number of carbonyl (C=O) groups is 1. The van der Waals surface area contributed by atoms with Gasteiger partial charge >= 0.3 is 5.97 Å². The Bertz CT molecular complexity index is 880. The third-order valence-corrected chi connectivity index (χ3v) is 5.05. The van der Waals surface area contributed by atoms with Crippen LogP contribution in [0.1, 0.15) is 51.5 Å². The van der Waals surface area contributed by atoms with Crippen LogP contribution in [0.5, 0.6) is 0 Å². The van der Waals surface area contributed by atoms with Gasteiger partial charge in [0.25, 0.3) is 5.89 Å². The van der Waals surface area contributed by atoms with E-state index in [1.165, 1.54) is 16.9 Å². The Morgan fingerprint density at radius 3 is 2.60 bits per heavy atom. The summed E-state index contributed by atoms with van der Waals surface area (Å²) in [5.41, 5.74) is 3.16. The molecule has 3 aromatic rings. The van der Waals surface area contributed by atoms with Gasteiger partial charge in [0, 0.05) is 10.4 Å². The van der Waals surface area contributed by atoms with Crippen molar-refractivity contribution in [3.05, 3.63) is 57.1 Å². The molecule has 130 valence electrons. The molecule has 0 aliphatic rings. The van der Waals surface area contributed by atoms with Gasteiger partial charge in [-0.3, -0.25) is 0 Å². The number of rotatable bonds is 5. The van der Waals surface area contributed by atoms with Gasteiger partial charge in [0.2, 0.25) is 5.89 Å². The summed E-state index contributed by atoms with van der Waals surface area (Å²) in [6.07, 6.45) is 0.293. The van der Waals surface area contributed by atoms with Crippen molar-refractivity contribution in [2.45, 2.75) is 40.2 Å². The molecule has 1 aromatic carbocycles. The molecule has 0 N–H and O–H groups in total. The van der Waals surface area contributed by atoms with E-state index in [0.29, 0.717) is 10.8 Å². The smallest absolute Gasteiger partial charge is 0.349 e. The van der Waals surface area contributed by atoms with Crippen molar-refractivity contribution in [1.82, 2.24) is 10.2 Å². The van der Waals surface area contributed by atoms with Crippen LogP contribution in [0.25, 0.3) is 11.5 Å². The minimum atomic E-state index is -0.605. The number of hydrogen-bond donors (Lipinski definition) is 0. The normalized spacial score (nSPS) is 12.2. The predicted octanol–water partition coefficient (Wildman–Crippen LogP) is 4.90. The zero-order valence-electron chi connectivity index (χ0n) is 14.7. The molecule has 0 saturated carbocycles. The number of thiophene rings is 1. The molecule has 0 fully saturated rings. The van der Waals surface area contributed by atoms with Crippen molar-refractivity contribution in [2.24, 2.45) is 0 Å². The maximum Gasteiger partial charge on any atom is 0.349 e. The summed E-state index contributed by atoms with van der Waals surface area (Å²) in [5, 5.41) is 8.05. The Kier molecular flexibility index (Phi) is 4.99. The lowest BCUT2D eigenvalue weighted by Crippen LogP contribution is -2.08. The van der Waals surface area contributed by atoms with Gasteiger partial charge in [-0.05, 0) is 51.0 Å². The SMILES string of the molecule is CCc1cc(C(=O)OC(C)c2nnc(-c3ccc(C)cc3)o2)sc1C. The number of ether oxygens (including phenoxy) is 1. The van der Waals surface area contributed by atoms with E-state index in [0.717, 1.165) is 22.4 Å². The molecule has 25 heavy (non-hydrogen) atoms. The van der Waals surface area contributed by atoms with E-state index in [-0.39, 0.29) is 11.9 Å². The number of carbonyl (C=O) groups excluding carboxylic acids is 1. The van der Waals surface area contributed by atoms with Crippen molar-refractivity contribution in [3.63, 3.8) is 0 Å². The quantitative estimate of drug-likeness (QED) is 0.609. The number of benzene rings is 1. The monoisotopic (exact) mass is 356 g/mol. The van der Waals surface area contributed by atoms with Crippen molar-refractivity contribution >= 4 is 17.3 Å². The van der Waals surface area contributed by atoms with Crippen LogP contribution < -0.4 is 0 Å². The highest BCUT2D eigenvalue weighted by Gasteiger charge is 2.21. The zero-order chi connectivity index (χ0) is 18.0. The molecule has 0 spiro atoms. The maximum absolute atomic E-state index is 12.3. The molecule has 0 radical (unpaired) electrons. The average Bonchev–Trinajstić information content (AvgIpc) is 3.22. The summed E-state index contributed by atoms with van der Waals surface area (Å²) in [4.78, 5) is 14.1. The summed E-state index contributed by atoms with van der Waals surface area (Å²) in [6, 6.07) is 9.69. The zero-order valence-corrected chi connectivity index (χ0v) is 15.5. The van der Waals surface area contributed by atoms with Crippen LogP contribution in [0, 0.1) is 13.8 Å². The van der Waals surface area contributed by atoms with Crippen LogP contribution >= 0.6 is 11.3 Å². The van der Waals surface area contributed by atoms with Gasteiger partial charge in [-0.1, -0.05) is 24.6 Å². The summed E-state index contributed by atoms with van der Waals surface area (Å²) >= 11 is 1.45. The first kappa shape index (κ1) is 17.4. The molecule has 6 heteroatoms. The van der Waals surface area contributed by atoms with Crippen LogP contribution in [0.4, 0.5) is 0 Å². The lowest BCUT2D eigenvalue weighted by atomic mass is 10.1.